The van der Waals surface area contributed by atoms with Gasteiger partial charge in [-0.25, -0.2) is 0 Å². The minimum atomic E-state index is -1.36. The van der Waals surface area contributed by atoms with E-state index in [1.54, 1.807) is 4.90 Å². The zero-order valence-corrected chi connectivity index (χ0v) is 19.8. The van der Waals surface area contributed by atoms with E-state index in [0.717, 1.165) is 5.57 Å². The zero-order chi connectivity index (χ0) is 25.4. The molecule has 10 heteroatoms. The monoisotopic (exact) mass is 483 g/mol. The van der Waals surface area contributed by atoms with E-state index >= 15 is 0 Å². The van der Waals surface area contributed by atoms with E-state index in [1.807, 2.05) is 13.0 Å². The molecule has 6 atom stereocenters. The highest BCUT2D eigenvalue weighted by Gasteiger charge is 2.44. The van der Waals surface area contributed by atoms with E-state index in [9.17, 15) is 39.9 Å². The third-order valence-electron chi connectivity index (χ3n) is 6.72. The Morgan fingerprint density at radius 1 is 1.24 bits per heavy atom. The second kappa shape index (κ2) is 13.0. The molecule has 1 saturated heterocycles. The number of allylic oxidation sites excluding steroid dienone is 1. The summed E-state index contributed by atoms with van der Waals surface area (Å²) in [6, 6.07) is -0.820. The number of hydrogen-bond donors (Lipinski definition) is 5. The van der Waals surface area contributed by atoms with E-state index in [1.165, 1.54) is 13.0 Å². The Balaban J connectivity index is 2.50. The summed E-state index contributed by atoms with van der Waals surface area (Å²) in [5, 5.41) is 50.0. The fourth-order valence-electron chi connectivity index (χ4n) is 4.73. The Labute approximate surface area is 199 Å². The largest absolute Gasteiger partial charge is 0.481 e. The number of carbonyl (C=O) groups excluding carboxylic acids is 1. The minimum Gasteiger partial charge on any atom is -0.481 e. The van der Waals surface area contributed by atoms with Gasteiger partial charge in [0.1, 0.15) is 12.1 Å². The maximum atomic E-state index is 12.6. The van der Waals surface area contributed by atoms with Gasteiger partial charge >= 0.3 is 17.9 Å². The molecule has 0 aromatic heterocycles. The van der Waals surface area contributed by atoms with Crippen LogP contribution >= 0.6 is 0 Å². The first-order chi connectivity index (χ1) is 16.1. The van der Waals surface area contributed by atoms with E-state index in [0.29, 0.717) is 37.8 Å². The topological polar surface area (TPSA) is 165 Å². The van der Waals surface area contributed by atoms with Crippen molar-refractivity contribution in [1.82, 2.24) is 4.90 Å². The van der Waals surface area contributed by atoms with Crippen molar-refractivity contribution >= 4 is 17.9 Å². The molecule has 0 spiro atoms. The molecule has 0 amide bonds. The smallest absolute Gasteiger partial charge is 0.320 e. The number of nitrogens with zero attached hydrogens (tertiary/aromatic N) is 1. The average Bonchev–Trinajstić information content (AvgIpc) is 3.25. The van der Waals surface area contributed by atoms with Gasteiger partial charge in [-0.1, -0.05) is 17.7 Å². The minimum absolute atomic E-state index is 0.136. The predicted molar refractivity (Wildman–Crippen MR) is 122 cm³/mol. The lowest BCUT2D eigenvalue weighted by Gasteiger charge is -2.37. The molecule has 34 heavy (non-hydrogen) atoms. The second-order valence-corrected chi connectivity index (χ2v) is 9.34. The van der Waals surface area contributed by atoms with Gasteiger partial charge in [0.2, 0.25) is 0 Å². The lowest BCUT2D eigenvalue weighted by Crippen LogP contribution is -2.49. The number of esters is 1. The van der Waals surface area contributed by atoms with Gasteiger partial charge in [0.05, 0.1) is 31.2 Å². The van der Waals surface area contributed by atoms with Crippen molar-refractivity contribution < 1.29 is 44.7 Å². The van der Waals surface area contributed by atoms with E-state index in [4.69, 9.17) is 4.74 Å². The van der Waals surface area contributed by atoms with E-state index in [2.05, 4.69) is 0 Å². The van der Waals surface area contributed by atoms with Crippen molar-refractivity contribution in [2.45, 2.75) is 64.2 Å². The first kappa shape index (κ1) is 28.0. The summed E-state index contributed by atoms with van der Waals surface area (Å²) in [5.41, 5.74) is 1.37. The summed E-state index contributed by atoms with van der Waals surface area (Å²) in [7, 11) is 0. The lowest BCUT2D eigenvalue weighted by molar-refractivity contribution is -0.166. The number of aliphatic carboxylic acids is 2. The number of carboxylic acid groups (broad SMARTS) is 2. The molecule has 1 fully saturated rings. The van der Waals surface area contributed by atoms with Gasteiger partial charge < -0.3 is 30.3 Å². The third kappa shape index (κ3) is 7.36. The van der Waals surface area contributed by atoms with Crippen molar-refractivity contribution in [2.75, 3.05) is 26.3 Å². The summed E-state index contributed by atoms with van der Waals surface area (Å²) < 4.78 is 5.68. The maximum Gasteiger partial charge on any atom is 0.320 e. The van der Waals surface area contributed by atoms with Crippen molar-refractivity contribution in [3.8, 4) is 0 Å². The molecule has 5 N–H and O–H groups in total. The molecule has 2 aliphatic rings. The van der Waals surface area contributed by atoms with Crippen LogP contribution in [-0.4, -0.2) is 92.9 Å². The molecular weight excluding hydrogens is 446 g/mol. The van der Waals surface area contributed by atoms with Gasteiger partial charge in [-0.3, -0.25) is 19.3 Å². The number of carbonyl (C=O) groups is 3. The van der Waals surface area contributed by atoms with Crippen molar-refractivity contribution in [1.29, 1.82) is 0 Å². The van der Waals surface area contributed by atoms with Crippen LogP contribution in [0.25, 0.3) is 0 Å². The summed E-state index contributed by atoms with van der Waals surface area (Å²) in [4.78, 5) is 38.3. The van der Waals surface area contributed by atoms with Crippen LogP contribution in [0.2, 0.25) is 0 Å². The van der Waals surface area contributed by atoms with Crippen LogP contribution in [0.3, 0.4) is 0 Å². The normalized spacial score (nSPS) is 28.4. The molecule has 1 aliphatic carbocycles. The molecule has 6 unspecified atom stereocenters. The Kier molecular flexibility index (Phi) is 10.7. The number of likely N-dealkylation sites (tertiary alicyclic amines) is 1. The summed E-state index contributed by atoms with van der Waals surface area (Å²) in [6.07, 6.45) is 3.22. The van der Waals surface area contributed by atoms with Crippen LogP contribution in [0, 0.1) is 17.8 Å². The Morgan fingerprint density at radius 2 is 1.94 bits per heavy atom. The van der Waals surface area contributed by atoms with Crippen molar-refractivity contribution in [3.05, 3.63) is 23.3 Å². The molecule has 0 aromatic rings. The van der Waals surface area contributed by atoms with Crippen LogP contribution in [0.4, 0.5) is 0 Å². The molecule has 0 saturated carbocycles. The highest BCUT2D eigenvalue weighted by atomic mass is 16.5. The fourth-order valence-corrected chi connectivity index (χ4v) is 4.73. The zero-order valence-electron chi connectivity index (χ0n) is 19.8. The van der Waals surface area contributed by atoms with Crippen LogP contribution in [-0.2, 0) is 19.1 Å². The number of hydrogen-bond acceptors (Lipinski definition) is 8. The fraction of sp³-hybridized carbons (Fsp3) is 0.708. The summed E-state index contributed by atoms with van der Waals surface area (Å²) in [6.45, 7) is 2.82. The molecule has 0 radical (unpaired) electrons. The van der Waals surface area contributed by atoms with Crippen LogP contribution in [0.5, 0.6) is 0 Å². The van der Waals surface area contributed by atoms with Gasteiger partial charge in [-0.15, -0.1) is 0 Å². The highest BCUT2D eigenvalue weighted by molar-refractivity contribution is 5.75. The van der Waals surface area contributed by atoms with Crippen molar-refractivity contribution in [2.24, 2.45) is 17.8 Å². The molecule has 1 heterocycles. The number of carboxylic acids is 2. The Morgan fingerprint density at radius 3 is 2.53 bits per heavy atom. The molecule has 10 nitrogen and oxygen atoms in total. The van der Waals surface area contributed by atoms with Crippen LogP contribution < -0.4 is 0 Å². The van der Waals surface area contributed by atoms with Crippen molar-refractivity contribution in [3.63, 3.8) is 0 Å². The number of aliphatic hydroxyl groups is 3. The second-order valence-electron chi connectivity index (χ2n) is 9.34. The summed E-state index contributed by atoms with van der Waals surface area (Å²) >= 11 is 0. The van der Waals surface area contributed by atoms with Gasteiger partial charge in [0.25, 0.3) is 0 Å². The third-order valence-corrected chi connectivity index (χ3v) is 6.72. The molecule has 1 aliphatic heterocycles. The van der Waals surface area contributed by atoms with E-state index in [-0.39, 0.29) is 19.6 Å². The van der Waals surface area contributed by atoms with Gasteiger partial charge in [0.15, 0.2) is 0 Å². The summed E-state index contributed by atoms with van der Waals surface area (Å²) in [5.74, 6) is -6.18. The highest BCUT2D eigenvalue weighted by Crippen LogP contribution is 2.33. The average molecular weight is 484 g/mol. The van der Waals surface area contributed by atoms with Gasteiger partial charge in [-0.2, -0.15) is 0 Å². The molecule has 192 valence electrons. The predicted octanol–water partition coefficient (Wildman–Crippen LogP) is 0.802. The first-order valence-electron chi connectivity index (χ1n) is 11.7. The molecule has 0 bridgehead atoms. The first-order valence-corrected chi connectivity index (χ1v) is 11.7. The Bertz CT molecular complexity index is 793. The number of rotatable bonds is 9. The standard InChI is InChI=1S/C24H37NO9/c1-14-5-3-6-16(13-27)10-19(28)21(20(9-14)34-24(33)15(2)12-26)17(22(29)30)11-25-8-4-7-18(25)23(31)32/h5,10,15,17-21,26-28H,3-4,6-9,11-13H2,1-2H3,(H,29,30)(H,31,32). The van der Waals surface area contributed by atoms with Gasteiger partial charge in [-0.05, 0) is 51.6 Å². The lowest BCUT2D eigenvalue weighted by atomic mass is 9.78. The van der Waals surface area contributed by atoms with Crippen LogP contribution in [0.15, 0.2) is 23.3 Å². The molecular formula is C24H37NO9. The SMILES string of the molecule is CC1=CCCC(CO)=CC(O)C(C(CN2CCCC2C(=O)O)C(=O)O)C(OC(=O)C(C)CO)C1. The van der Waals surface area contributed by atoms with Crippen LogP contribution in [0.1, 0.15) is 46.0 Å². The number of aliphatic hydroxyl groups excluding tert-OH is 3. The quantitative estimate of drug-likeness (QED) is 0.234. The van der Waals surface area contributed by atoms with E-state index < -0.39 is 60.5 Å². The Hall–Kier alpha value is -2.27. The molecule has 2 rings (SSSR count). The molecule has 0 aromatic carbocycles. The maximum absolute atomic E-state index is 12.6. The van der Waals surface area contributed by atoms with Gasteiger partial charge in [0, 0.05) is 18.9 Å². The number of ether oxygens (including phenoxy) is 1.